The molecule has 0 aromatic carbocycles. The molecule has 0 aromatic rings. The first-order valence-corrected chi connectivity index (χ1v) is 2.60. The van der Waals surface area contributed by atoms with E-state index in [4.69, 9.17) is 16.7 Å². The Kier molecular flexibility index (Phi) is 2.63. The third-order valence-corrected chi connectivity index (χ3v) is 1.28. The van der Waals surface area contributed by atoms with Crippen molar-refractivity contribution in [2.75, 3.05) is 5.88 Å². The van der Waals surface area contributed by atoms with E-state index in [-0.39, 0.29) is 0 Å². The van der Waals surface area contributed by atoms with Crippen molar-refractivity contribution in [3.05, 3.63) is 0 Å². The third-order valence-electron chi connectivity index (χ3n) is 0.741. The van der Waals surface area contributed by atoms with Gasteiger partial charge in [-0.15, -0.1) is 11.6 Å². The van der Waals surface area contributed by atoms with Crippen LogP contribution in [0.5, 0.6) is 0 Å². The number of aliphatic hydroxyl groups is 1. The Labute approximate surface area is 51.3 Å². The quantitative estimate of drug-likeness (QED) is 0.579. The molecule has 1 nitrogen and oxygen atoms in total. The molecule has 0 aliphatic heterocycles. The van der Waals surface area contributed by atoms with Gasteiger partial charge in [-0.3, -0.25) is 0 Å². The van der Waals surface area contributed by atoms with Gasteiger partial charge in [-0.05, 0) is 6.92 Å². The Balaban J connectivity index is 3.71. The van der Waals surface area contributed by atoms with Gasteiger partial charge in [0.15, 0.2) is 0 Å². The lowest BCUT2D eigenvalue weighted by atomic mass is 10.1. The molecule has 0 fully saturated rings. The van der Waals surface area contributed by atoms with Crippen LogP contribution in [0, 0.1) is 0 Å². The summed E-state index contributed by atoms with van der Waals surface area (Å²) in [5, 5.41) is 8.52. The molecule has 1 unspecified atom stereocenters. The largest absolute Gasteiger partial charge is 0.383 e. The minimum atomic E-state index is -2.76. The van der Waals surface area contributed by atoms with Crippen LogP contribution in [-0.2, 0) is 0 Å². The average Bonchev–Trinajstić information content (AvgIpc) is 1.67. The summed E-state index contributed by atoms with van der Waals surface area (Å²) in [6.07, 6.45) is -2.76. The van der Waals surface area contributed by atoms with Crippen LogP contribution in [0.1, 0.15) is 6.92 Å². The van der Waals surface area contributed by atoms with Gasteiger partial charge < -0.3 is 5.11 Å². The normalized spacial score (nSPS) is 18.8. The van der Waals surface area contributed by atoms with E-state index in [2.05, 4.69) is 0 Å². The summed E-state index contributed by atoms with van der Waals surface area (Å²) < 4.78 is 23.0. The number of halogens is 3. The third kappa shape index (κ3) is 1.92. The van der Waals surface area contributed by atoms with E-state index >= 15 is 0 Å². The Hall–Kier alpha value is 0.110. The van der Waals surface area contributed by atoms with Gasteiger partial charge in [-0.25, -0.2) is 8.78 Å². The second kappa shape index (κ2) is 2.60. The van der Waals surface area contributed by atoms with Crippen LogP contribution in [0.15, 0.2) is 0 Å². The molecule has 1 N–H and O–H groups in total. The molecule has 0 saturated heterocycles. The van der Waals surface area contributed by atoms with Crippen LogP contribution < -0.4 is 0 Å². The molecule has 0 aliphatic carbocycles. The second-order valence-corrected chi connectivity index (χ2v) is 2.06. The van der Waals surface area contributed by atoms with Crippen molar-refractivity contribution in [3.8, 4) is 0 Å². The van der Waals surface area contributed by atoms with Gasteiger partial charge in [-0.1, -0.05) is 0 Å². The van der Waals surface area contributed by atoms with Gasteiger partial charge in [0.25, 0.3) is 6.43 Å². The predicted molar refractivity (Wildman–Crippen MR) is 27.3 cm³/mol. The van der Waals surface area contributed by atoms with Crippen molar-refractivity contribution < 1.29 is 13.9 Å². The van der Waals surface area contributed by atoms with Crippen LogP contribution in [0.25, 0.3) is 0 Å². The predicted octanol–water partition coefficient (Wildman–Crippen LogP) is 1.24. The first-order chi connectivity index (χ1) is 3.50. The lowest BCUT2D eigenvalue weighted by Gasteiger charge is -2.17. The summed E-state index contributed by atoms with van der Waals surface area (Å²) in [6.45, 7) is 0.991. The van der Waals surface area contributed by atoms with Gasteiger partial charge >= 0.3 is 0 Å². The molecule has 0 spiro atoms. The van der Waals surface area contributed by atoms with Crippen LogP contribution >= 0.6 is 11.6 Å². The van der Waals surface area contributed by atoms with Crippen molar-refractivity contribution in [2.45, 2.75) is 19.0 Å². The van der Waals surface area contributed by atoms with Crippen LogP contribution in [0.3, 0.4) is 0 Å². The smallest absolute Gasteiger partial charge is 0.267 e. The fraction of sp³-hybridized carbons (Fsp3) is 1.00. The molecule has 1 atom stereocenters. The van der Waals surface area contributed by atoms with Crippen LogP contribution in [-0.4, -0.2) is 23.0 Å². The van der Waals surface area contributed by atoms with Gasteiger partial charge in [0, 0.05) is 0 Å². The number of hydrogen-bond donors (Lipinski definition) is 1. The lowest BCUT2D eigenvalue weighted by Crippen LogP contribution is -2.35. The highest BCUT2D eigenvalue weighted by Crippen LogP contribution is 2.15. The number of alkyl halides is 3. The van der Waals surface area contributed by atoms with Gasteiger partial charge in [0.1, 0.15) is 5.60 Å². The molecule has 0 saturated carbocycles. The molecule has 0 rings (SSSR count). The van der Waals surface area contributed by atoms with Crippen LogP contribution in [0.2, 0.25) is 0 Å². The summed E-state index contributed by atoms with van der Waals surface area (Å²) >= 11 is 4.96. The maximum Gasteiger partial charge on any atom is 0.267 e. The second-order valence-electron chi connectivity index (χ2n) is 1.79. The Morgan fingerprint density at radius 1 is 1.75 bits per heavy atom. The average molecular weight is 145 g/mol. The maximum atomic E-state index is 11.5. The first kappa shape index (κ1) is 8.11. The highest BCUT2D eigenvalue weighted by molar-refractivity contribution is 6.18. The van der Waals surface area contributed by atoms with E-state index in [0.29, 0.717) is 0 Å². The molecule has 0 heterocycles. The number of hydrogen-bond acceptors (Lipinski definition) is 1. The highest BCUT2D eigenvalue weighted by Gasteiger charge is 2.30. The summed E-state index contributed by atoms with van der Waals surface area (Å²) in [5.74, 6) is -0.440. The Morgan fingerprint density at radius 3 is 2.12 bits per heavy atom. The van der Waals surface area contributed by atoms with E-state index < -0.39 is 17.9 Å². The van der Waals surface area contributed by atoms with Crippen molar-refractivity contribution in [3.63, 3.8) is 0 Å². The van der Waals surface area contributed by atoms with E-state index in [1.54, 1.807) is 0 Å². The summed E-state index contributed by atoms with van der Waals surface area (Å²) in [7, 11) is 0. The molecule has 0 aromatic heterocycles. The van der Waals surface area contributed by atoms with Gasteiger partial charge in [-0.2, -0.15) is 0 Å². The highest BCUT2D eigenvalue weighted by atomic mass is 35.5. The zero-order chi connectivity index (χ0) is 6.78. The van der Waals surface area contributed by atoms with Crippen molar-refractivity contribution >= 4 is 11.6 Å². The summed E-state index contributed by atoms with van der Waals surface area (Å²) in [5.41, 5.74) is -2.03. The molecule has 0 bridgehead atoms. The van der Waals surface area contributed by atoms with E-state index in [1.807, 2.05) is 0 Å². The molecule has 0 amide bonds. The van der Waals surface area contributed by atoms with E-state index in [9.17, 15) is 8.78 Å². The molecule has 50 valence electrons. The fourth-order valence-electron chi connectivity index (χ4n) is 0.0583. The SMILES string of the molecule is CC(O)(CCl)C(F)F. The first-order valence-electron chi connectivity index (χ1n) is 2.07. The van der Waals surface area contributed by atoms with Crippen LogP contribution in [0.4, 0.5) is 8.78 Å². The fourth-order valence-corrected chi connectivity index (χ4v) is 0.175. The molecule has 0 aliphatic rings. The van der Waals surface area contributed by atoms with E-state index in [1.165, 1.54) is 0 Å². The van der Waals surface area contributed by atoms with Crippen molar-refractivity contribution in [1.29, 1.82) is 0 Å². The summed E-state index contributed by atoms with van der Waals surface area (Å²) in [6, 6.07) is 0. The van der Waals surface area contributed by atoms with Gasteiger partial charge in [0.05, 0.1) is 5.88 Å². The van der Waals surface area contributed by atoms with E-state index in [0.717, 1.165) is 6.92 Å². The topological polar surface area (TPSA) is 20.2 Å². The Morgan fingerprint density at radius 2 is 2.12 bits per heavy atom. The lowest BCUT2D eigenvalue weighted by molar-refractivity contribution is -0.0669. The minimum absolute atomic E-state index is 0.440. The van der Waals surface area contributed by atoms with Gasteiger partial charge in [0.2, 0.25) is 0 Å². The zero-order valence-electron chi connectivity index (χ0n) is 4.37. The Bertz CT molecular complexity index is 74.4. The monoisotopic (exact) mass is 144 g/mol. The van der Waals surface area contributed by atoms with Crippen molar-refractivity contribution in [2.24, 2.45) is 0 Å². The molecule has 8 heavy (non-hydrogen) atoms. The molecule has 0 radical (unpaired) electrons. The zero-order valence-corrected chi connectivity index (χ0v) is 5.12. The van der Waals surface area contributed by atoms with Crippen molar-refractivity contribution in [1.82, 2.24) is 0 Å². The molecular formula is C4H7ClF2O. The standard InChI is InChI=1S/C4H7ClF2O/c1-4(8,2-5)3(6)7/h3,8H,2H2,1H3. The molecular weight excluding hydrogens is 137 g/mol. The molecule has 4 heteroatoms. The maximum absolute atomic E-state index is 11.5. The number of rotatable bonds is 2. The summed E-state index contributed by atoms with van der Waals surface area (Å²) in [4.78, 5) is 0. The minimum Gasteiger partial charge on any atom is -0.383 e.